The third kappa shape index (κ3) is 6.43. The molecule has 0 saturated carbocycles. The van der Waals surface area contributed by atoms with E-state index in [0.29, 0.717) is 6.54 Å². The number of benzene rings is 2. The zero-order valence-corrected chi connectivity index (χ0v) is 21.6. The molecule has 2 aliphatic rings. The van der Waals surface area contributed by atoms with Crippen molar-refractivity contribution in [2.24, 2.45) is 0 Å². The first kappa shape index (κ1) is 26.1. The van der Waals surface area contributed by atoms with Crippen molar-refractivity contribution in [1.29, 1.82) is 0 Å². The maximum atomic E-state index is 13.3. The molecular formula is C28H36N2O6. The molecule has 0 radical (unpaired) electrons. The number of hydrogen-bond acceptors (Lipinski definition) is 6. The molecule has 8 heteroatoms. The van der Waals surface area contributed by atoms with E-state index < -0.39 is 41.8 Å². The lowest BCUT2D eigenvalue weighted by atomic mass is 9.87. The van der Waals surface area contributed by atoms with Gasteiger partial charge < -0.3 is 29.2 Å². The first-order valence-electron chi connectivity index (χ1n) is 12.3. The summed E-state index contributed by atoms with van der Waals surface area (Å²) < 4.78 is 23.7. The van der Waals surface area contributed by atoms with Crippen LogP contribution in [0.2, 0.25) is 0 Å². The Hall–Kier alpha value is -2.94. The van der Waals surface area contributed by atoms with Gasteiger partial charge in [-0.25, -0.2) is 4.79 Å². The van der Waals surface area contributed by atoms with E-state index >= 15 is 0 Å². The number of carbonyl (C=O) groups excluding carboxylic acids is 2. The van der Waals surface area contributed by atoms with Gasteiger partial charge in [-0.15, -0.1) is 0 Å². The van der Waals surface area contributed by atoms with Gasteiger partial charge in [-0.05, 0) is 45.7 Å². The Balaban J connectivity index is 1.61. The molecule has 4 atom stereocenters. The number of hydrogen-bond donors (Lipinski definition) is 1. The second-order valence-corrected chi connectivity index (χ2v) is 10.7. The first-order valence-corrected chi connectivity index (χ1v) is 12.3. The van der Waals surface area contributed by atoms with Gasteiger partial charge in [0.1, 0.15) is 11.7 Å². The summed E-state index contributed by atoms with van der Waals surface area (Å²) in [6.45, 7) is 10.0. The van der Waals surface area contributed by atoms with E-state index in [1.54, 1.807) is 25.7 Å². The predicted molar refractivity (Wildman–Crippen MR) is 134 cm³/mol. The highest BCUT2D eigenvalue weighted by Crippen LogP contribution is 2.34. The molecule has 2 aromatic rings. The van der Waals surface area contributed by atoms with Crippen LogP contribution in [-0.4, -0.2) is 59.2 Å². The fraction of sp³-hybridized carbons (Fsp3) is 0.500. The summed E-state index contributed by atoms with van der Waals surface area (Å²) in [7, 11) is 0. The highest BCUT2D eigenvalue weighted by atomic mass is 16.7. The third-order valence-electron chi connectivity index (χ3n) is 6.15. The van der Waals surface area contributed by atoms with E-state index in [4.69, 9.17) is 18.9 Å². The van der Waals surface area contributed by atoms with Crippen molar-refractivity contribution >= 4 is 12.0 Å². The highest BCUT2D eigenvalue weighted by molar-refractivity contribution is 5.89. The van der Waals surface area contributed by atoms with Crippen molar-refractivity contribution in [3.63, 3.8) is 0 Å². The molecule has 2 aliphatic heterocycles. The van der Waals surface area contributed by atoms with Crippen molar-refractivity contribution in [2.45, 2.75) is 83.5 Å². The normalized spacial score (nSPS) is 24.2. The average molecular weight is 497 g/mol. The number of carbonyl (C=O) groups is 2. The van der Waals surface area contributed by atoms with Crippen LogP contribution < -0.4 is 5.32 Å². The lowest BCUT2D eigenvalue weighted by Crippen LogP contribution is -2.74. The van der Waals surface area contributed by atoms with E-state index in [1.165, 1.54) is 0 Å². The number of rotatable bonds is 8. The number of β-lactam (4-membered cyclic amide) rings is 1. The maximum absolute atomic E-state index is 13.3. The van der Waals surface area contributed by atoms with Gasteiger partial charge in [0.2, 0.25) is 0 Å². The van der Waals surface area contributed by atoms with Crippen molar-refractivity contribution in [3.05, 3.63) is 71.8 Å². The first-order chi connectivity index (χ1) is 17.0. The second kappa shape index (κ2) is 10.6. The third-order valence-corrected chi connectivity index (χ3v) is 6.15. The fourth-order valence-corrected chi connectivity index (χ4v) is 4.55. The minimum atomic E-state index is -0.809. The van der Waals surface area contributed by atoms with Gasteiger partial charge in [0.05, 0.1) is 25.3 Å². The van der Waals surface area contributed by atoms with Crippen LogP contribution in [-0.2, 0) is 36.9 Å². The highest BCUT2D eigenvalue weighted by Gasteiger charge is 2.56. The molecule has 1 N–H and O–H groups in total. The van der Waals surface area contributed by atoms with Crippen molar-refractivity contribution in [2.75, 3.05) is 6.61 Å². The van der Waals surface area contributed by atoms with Gasteiger partial charge in [0, 0.05) is 6.54 Å². The quantitative estimate of drug-likeness (QED) is 0.556. The van der Waals surface area contributed by atoms with Crippen molar-refractivity contribution in [3.8, 4) is 0 Å². The van der Waals surface area contributed by atoms with Crippen LogP contribution in [0.4, 0.5) is 4.79 Å². The average Bonchev–Trinajstić information content (AvgIpc) is 3.19. The monoisotopic (exact) mass is 496 g/mol. The molecule has 0 aromatic heterocycles. The van der Waals surface area contributed by atoms with Gasteiger partial charge in [0.25, 0.3) is 5.91 Å². The summed E-state index contributed by atoms with van der Waals surface area (Å²) in [5.41, 5.74) is 1.27. The summed E-state index contributed by atoms with van der Waals surface area (Å²) in [6, 6.07) is 18.4. The van der Waals surface area contributed by atoms with Crippen LogP contribution in [0.5, 0.6) is 0 Å². The molecule has 4 rings (SSSR count). The van der Waals surface area contributed by atoms with Crippen LogP contribution in [0.3, 0.4) is 0 Å². The van der Waals surface area contributed by atoms with Crippen LogP contribution >= 0.6 is 0 Å². The number of nitrogens with zero attached hydrogens (tertiary/aromatic N) is 1. The SMILES string of the molecule is CC(C)(C)OC(=O)N[C@H]([C@@H]1[C@H](OCc2ccccc2)C(=O)N1Cc1ccccc1)[C@H]1COC(C)(C)O1. The molecule has 194 valence electrons. The summed E-state index contributed by atoms with van der Waals surface area (Å²) >= 11 is 0. The Labute approximate surface area is 212 Å². The Morgan fingerprint density at radius 1 is 1.08 bits per heavy atom. The second-order valence-electron chi connectivity index (χ2n) is 10.7. The standard InChI is InChI=1S/C28H36N2O6/c1-27(2,3)36-26(32)29-22(21-18-34-28(4,5)35-21)23-24(33-17-20-14-10-7-11-15-20)25(31)30(23)16-19-12-8-6-9-13-19/h6-15,21-24H,16-18H2,1-5H3,(H,29,32)/t21-,22+,23-,24+/m1/s1. The zero-order chi connectivity index (χ0) is 25.9. The van der Waals surface area contributed by atoms with Crippen LogP contribution in [0.25, 0.3) is 0 Å². The van der Waals surface area contributed by atoms with Gasteiger partial charge in [0.15, 0.2) is 11.9 Å². The smallest absolute Gasteiger partial charge is 0.408 e. The summed E-state index contributed by atoms with van der Waals surface area (Å²) in [5, 5.41) is 2.98. The molecule has 0 aliphatic carbocycles. The van der Waals surface area contributed by atoms with Crippen LogP contribution in [0, 0.1) is 0 Å². The number of amides is 2. The Kier molecular flexibility index (Phi) is 7.68. The molecule has 2 heterocycles. The maximum Gasteiger partial charge on any atom is 0.408 e. The number of alkyl carbamates (subject to hydrolysis) is 1. The van der Waals surface area contributed by atoms with Gasteiger partial charge in [-0.2, -0.15) is 0 Å². The van der Waals surface area contributed by atoms with Crippen molar-refractivity contribution in [1.82, 2.24) is 10.2 Å². The molecule has 8 nitrogen and oxygen atoms in total. The zero-order valence-electron chi connectivity index (χ0n) is 21.6. The van der Waals surface area contributed by atoms with E-state index in [1.807, 2.05) is 74.5 Å². The lowest BCUT2D eigenvalue weighted by Gasteiger charge is -2.51. The number of ether oxygens (including phenoxy) is 4. The fourth-order valence-electron chi connectivity index (χ4n) is 4.55. The molecule has 2 aromatic carbocycles. The topological polar surface area (TPSA) is 86.3 Å². The Bertz CT molecular complexity index is 1040. The van der Waals surface area contributed by atoms with E-state index in [0.717, 1.165) is 11.1 Å². The molecule has 0 bridgehead atoms. The van der Waals surface area contributed by atoms with Gasteiger partial charge in [-0.1, -0.05) is 60.7 Å². The summed E-state index contributed by atoms with van der Waals surface area (Å²) in [5.74, 6) is -0.939. The molecule has 0 spiro atoms. The van der Waals surface area contributed by atoms with Gasteiger partial charge >= 0.3 is 6.09 Å². The number of nitrogens with one attached hydrogen (secondary N) is 1. The van der Waals surface area contributed by atoms with Crippen LogP contribution in [0.15, 0.2) is 60.7 Å². The van der Waals surface area contributed by atoms with Gasteiger partial charge in [-0.3, -0.25) is 4.79 Å². The molecule has 0 unspecified atom stereocenters. The molecular weight excluding hydrogens is 460 g/mol. The molecule has 2 fully saturated rings. The molecule has 36 heavy (non-hydrogen) atoms. The van der Waals surface area contributed by atoms with Crippen molar-refractivity contribution < 1.29 is 28.5 Å². The van der Waals surface area contributed by atoms with E-state index in [-0.39, 0.29) is 19.1 Å². The summed E-state index contributed by atoms with van der Waals surface area (Å²) in [6.07, 6.45) is -1.82. The minimum absolute atomic E-state index is 0.131. The number of likely N-dealkylation sites (tertiary alicyclic amines) is 1. The minimum Gasteiger partial charge on any atom is -0.444 e. The Morgan fingerprint density at radius 2 is 1.69 bits per heavy atom. The Morgan fingerprint density at radius 3 is 2.25 bits per heavy atom. The molecule has 2 saturated heterocycles. The van der Waals surface area contributed by atoms with E-state index in [2.05, 4.69) is 5.32 Å². The largest absolute Gasteiger partial charge is 0.444 e. The summed E-state index contributed by atoms with van der Waals surface area (Å²) in [4.78, 5) is 28.0. The lowest BCUT2D eigenvalue weighted by molar-refractivity contribution is -0.187. The van der Waals surface area contributed by atoms with E-state index in [9.17, 15) is 9.59 Å². The van der Waals surface area contributed by atoms with Crippen LogP contribution in [0.1, 0.15) is 45.7 Å². The predicted octanol–water partition coefficient (Wildman–Crippen LogP) is 4.03. The molecule has 2 amide bonds.